The highest BCUT2D eigenvalue weighted by Crippen LogP contribution is 2.19. The molecular weight excluding hydrogens is 210 g/mol. The average Bonchev–Trinajstić information content (AvgIpc) is 2.30. The summed E-state index contributed by atoms with van der Waals surface area (Å²) in [7, 11) is -0.673. The first kappa shape index (κ1) is 10.4. The van der Waals surface area contributed by atoms with E-state index in [0.717, 1.165) is 25.1 Å². The lowest BCUT2D eigenvalue weighted by Gasteiger charge is -2.29. The van der Waals surface area contributed by atoms with Crippen LogP contribution in [0.25, 0.3) is 0 Å². The van der Waals surface area contributed by atoms with E-state index in [1.165, 1.54) is 0 Å². The summed E-state index contributed by atoms with van der Waals surface area (Å²) in [4.78, 5) is 13.0. The maximum absolute atomic E-state index is 11.2. The van der Waals surface area contributed by atoms with Gasteiger partial charge in [0.15, 0.2) is 6.29 Å². The maximum atomic E-state index is 11.2. The Morgan fingerprint density at radius 2 is 1.87 bits per heavy atom. The first-order valence-corrected chi connectivity index (χ1v) is 6.44. The lowest BCUT2D eigenvalue weighted by Crippen LogP contribution is -2.38. The summed E-state index contributed by atoms with van der Waals surface area (Å²) >= 11 is 0. The summed E-state index contributed by atoms with van der Waals surface area (Å²) in [6.07, 6.45) is 0.876. The standard InChI is InChI=1S/C11H13NO2S/c13-9-10-3-1-2-4-11(10)12-5-7-15(14)8-6-12/h1-4,9H,5-8H2. The van der Waals surface area contributed by atoms with Gasteiger partial charge in [0.2, 0.25) is 0 Å². The third kappa shape index (κ3) is 2.26. The smallest absolute Gasteiger partial charge is 0.152 e. The van der Waals surface area contributed by atoms with Crippen LogP contribution in [0.5, 0.6) is 0 Å². The van der Waals surface area contributed by atoms with Crippen molar-refractivity contribution in [2.24, 2.45) is 0 Å². The van der Waals surface area contributed by atoms with E-state index in [1.54, 1.807) is 0 Å². The fourth-order valence-corrected chi connectivity index (χ4v) is 2.81. The molecule has 0 N–H and O–H groups in total. The molecule has 1 aromatic carbocycles. The second kappa shape index (κ2) is 4.57. The third-order valence-electron chi connectivity index (χ3n) is 2.58. The van der Waals surface area contributed by atoms with Crippen LogP contribution < -0.4 is 4.90 Å². The molecule has 1 aliphatic rings. The van der Waals surface area contributed by atoms with Crippen LogP contribution in [0.2, 0.25) is 0 Å². The van der Waals surface area contributed by atoms with Gasteiger partial charge in [0.25, 0.3) is 0 Å². The SMILES string of the molecule is O=Cc1ccccc1N1CCS(=O)CC1. The number of rotatable bonds is 2. The number of carbonyl (C=O) groups is 1. The molecule has 0 amide bonds. The van der Waals surface area contributed by atoms with Crippen LogP contribution in [-0.2, 0) is 10.8 Å². The molecule has 3 nitrogen and oxygen atoms in total. The molecule has 0 radical (unpaired) electrons. The molecule has 2 rings (SSSR count). The molecule has 1 aromatic rings. The fraction of sp³-hybridized carbons (Fsp3) is 0.364. The predicted octanol–water partition coefficient (Wildman–Crippen LogP) is 1.07. The van der Waals surface area contributed by atoms with Crippen molar-refractivity contribution < 1.29 is 9.00 Å². The molecule has 0 aromatic heterocycles. The molecule has 1 saturated heterocycles. The Morgan fingerprint density at radius 1 is 1.20 bits per heavy atom. The van der Waals surface area contributed by atoms with Gasteiger partial charge in [0.1, 0.15) is 0 Å². The van der Waals surface area contributed by atoms with Gasteiger partial charge in [-0.1, -0.05) is 12.1 Å². The van der Waals surface area contributed by atoms with Crippen LogP contribution in [0.4, 0.5) is 5.69 Å². The van der Waals surface area contributed by atoms with Crippen molar-refractivity contribution >= 4 is 22.8 Å². The Bertz CT molecular complexity index is 382. The second-order valence-corrected chi connectivity index (χ2v) is 5.21. The lowest BCUT2D eigenvalue weighted by molar-refractivity contribution is 0.112. The van der Waals surface area contributed by atoms with Crippen LogP contribution >= 0.6 is 0 Å². The summed E-state index contributed by atoms with van der Waals surface area (Å²) in [6, 6.07) is 7.54. The van der Waals surface area contributed by atoms with Crippen LogP contribution in [0, 0.1) is 0 Å². The number of para-hydroxylation sites is 1. The minimum absolute atomic E-state index is 0.673. The van der Waals surface area contributed by atoms with E-state index in [9.17, 15) is 9.00 Å². The zero-order valence-electron chi connectivity index (χ0n) is 8.39. The fourth-order valence-electron chi connectivity index (χ4n) is 1.75. The lowest BCUT2D eigenvalue weighted by atomic mass is 10.2. The molecular formula is C11H13NO2S. The quantitative estimate of drug-likeness (QED) is 0.704. The largest absolute Gasteiger partial charge is 0.369 e. The predicted molar refractivity (Wildman–Crippen MR) is 61.9 cm³/mol. The number of carbonyl (C=O) groups excluding carboxylic acids is 1. The van der Waals surface area contributed by atoms with Gasteiger partial charge in [-0.15, -0.1) is 0 Å². The summed E-state index contributed by atoms with van der Waals surface area (Å²) in [5.41, 5.74) is 1.68. The van der Waals surface area contributed by atoms with E-state index in [0.29, 0.717) is 17.1 Å². The van der Waals surface area contributed by atoms with E-state index in [4.69, 9.17) is 0 Å². The van der Waals surface area contributed by atoms with Gasteiger partial charge in [-0.3, -0.25) is 9.00 Å². The van der Waals surface area contributed by atoms with Crippen molar-refractivity contribution in [2.75, 3.05) is 29.5 Å². The van der Waals surface area contributed by atoms with Gasteiger partial charge < -0.3 is 4.90 Å². The van der Waals surface area contributed by atoms with Crippen molar-refractivity contribution in [2.45, 2.75) is 0 Å². The van der Waals surface area contributed by atoms with E-state index in [1.807, 2.05) is 24.3 Å². The molecule has 15 heavy (non-hydrogen) atoms. The van der Waals surface area contributed by atoms with Crippen LogP contribution in [-0.4, -0.2) is 35.1 Å². The number of anilines is 1. The highest BCUT2D eigenvalue weighted by molar-refractivity contribution is 7.85. The van der Waals surface area contributed by atoms with Gasteiger partial charge in [0.05, 0.1) is 0 Å². The molecule has 1 fully saturated rings. The Kier molecular flexibility index (Phi) is 3.16. The monoisotopic (exact) mass is 223 g/mol. The minimum Gasteiger partial charge on any atom is -0.369 e. The van der Waals surface area contributed by atoms with Crippen molar-refractivity contribution in [3.05, 3.63) is 29.8 Å². The Labute approximate surface area is 91.5 Å². The number of nitrogens with zero attached hydrogens (tertiary/aromatic N) is 1. The van der Waals surface area contributed by atoms with Crippen molar-refractivity contribution in [1.29, 1.82) is 0 Å². The molecule has 0 bridgehead atoms. The van der Waals surface area contributed by atoms with E-state index < -0.39 is 10.8 Å². The summed E-state index contributed by atoms with van der Waals surface area (Å²) < 4.78 is 11.2. The van der Waals surface area contributed by atoms with Crippen molar-refractivity contribution in [1.82, 2.24) is 0 Å². The highest BCUT2D eigenvalue weighted by Gasteiger charge is 2.17. The normalized spacial score (nSPS) is 17.7. The Balaban J connectivity index is 2.21. The average molecular weight is 223 g/mol. The molecule has 0 spiro atoms. The zero-order chi connectivity index (χ0) is 10.7. The number of hydrogen-bond donors (Lipinski definition) is 0. The minimum atomic E-state index is -0.673. The van der Waals surface area contributed by atoms with Crippen LogP contribution in [0.3, 0.4) is 0 Å². The maximum Gasteiger partial charge on any atom is 0.152 e. The van der Waals surface area contributed by atoms with Crippen LogP contribution in [0.15, 0.2) is 24.3 Å². The number of aldehydes is 1. The molecule has 80 valence electrons. The summed E-state index contributed by atoms with van der Waals surface area (Å²) in [5.74, 6) is 1.40. The zero-order valence-corrected chi connectivity index (χ0v) is 9.20. The first-order valence-electron chi connectivity index (χ1n) is 4.95. The summed E-state index contributed by atoms with van der Waals surface area (Å²) in [5, 5.41) is 0. The van der Waals surface area contributed by atoms with Crippen molar-refractivity contribution in [3.63, 3.8) is 0 Å². The Hall–Kier alpha value is -1.16. The molecule has 0 unspecified atom stereocenters. The molecule has 0 saturated carbocycles. The molecule has 4 heteroatoms. The summed E-state index contributed by atoms with van der Waals surface area (Å²) in [6.45, 7) is 1.55. The molecule has 0 aliphatic carbocycles. The van der Waals surface area contributed by atoms with E-state index >= 15 is 0 Å². The topological polar surface area (TPSA) is 37.4 Å². The van der Waals surface area contributed by atoms with Gasteiger partial charge in [-0.25, -0.2) is 0 Å². The molecule has 0 atom stereocenters. The Morgan fingerprint density at radius 3 is 2.53 bits per heavy atom. The first-order chi connectivity index (χ1) is 7.31. The van der Waals surface area contributed by atoms with Gasteiger partial charge >= 0.3 is 0 Å². The van der Waals surface area contributed by atoms with Crippen LogP contribution in [0.1, 0.15) is 10.4 Å². The van der Waals surface area contributed by atoms with Gasteiger partial charge in [-0.05, 0) is 12.1 Å². The molecule has 1 heterocycles. The highest BCUT2D eigenvalue weighted by atomic mass is 32.2. The number of hydrogen-bond acceptors (Lipinski definition) is 3. The molecule has 1 aliphatic heterocycles. The van der Waals surface area contributed by atoms with Gasteiger partial charge in [-0.2, -0.15) is 0 Å². The van der Waals surface area contributed by atoms with E-state index in [2.05, 4.69) is 4.90 Å². The second-order valence-electron chi connectivity index (χ2n) is 3.51. The number of benzene rings is 1. The van der Waals surface area contributed by atoms with Crippen molar-refractivity contribution in [3.8, 4) is 0 Å². The van der Waals surface area contributed by atoms with E-state index in [-0.39, 0.29) is 0 Å². The van der Waals surface area contributed by atoms with Gasteiger partial charge in [0, 0.05) is 46.6 Å². The third-order valence-corrected chi connectivity index (χ3v) is 3.86.